The van der Waals surface area contributed by atoms with E-state index in [9.17, 15) is 14.4 Å². The van der Waals surface area contributed by atoms with Gasteiger partial charge in [0.25, 0.3) is 0 Å². The van der Waals surface area contributed by atoms with Crippen molar-refractivity contribution in [3.8, 4) is 0 Å². The van der Waals surface area contributed by atoms with Crippen molar-refractivity contribution in [1.82, 2.24) is 4.90 Å². The number of nitrogens with zero attached hydrogens (tertiary/aromatic N) is 1. The van der Waals surface area contributed by atoms with E-state index in [1.165, 1.54) is 0 Å². The minimum Gasteiger partial charge on any atom is -0.458 e. The highest BCUT2D eigenvalue weighted by atomic mass is 16.6. The van der Waals surface area contributed by atoms with Crippen LogP contribution in [0.3, 0.4) is 0 Å². The summed E-state index contributed by atoms with van der Waals surface area (Å²) in [6.45, 7) is 14.2. The van der Waals surface area contributed by atoms with Crippen LogP contribution in [0.25, 0.3) is 0 Å². The predicted octanol–water partition coefficient (Wildman–Crippen LogP) is 5.14. The Morgan fingerprint density at radius 2 is 1.54 bits per heavy atom. The van der Waals surface area contributed by atoms with Crippen molar-refractivity contribution >= 4 is 18.2 Å². The molecule has 1 saturated heterocycles. The molecule has 4 atom stereocenters. The van der Waals surface area contributed by atoms with Crippen molar-refractivity contribution in [2.24, 2.45) is 5.92 Å². The SMILES string of the molecule is CCCO[C@@H]1[C@@H](Cc2ccccc2)COC[C@H](N(C(=O)OC(C)(C)C)C(=O)OC(C)(C)C)C(=O)O[C@H]1C. The predicted molar refractivity (Wildman–Crippen MR) is 138 cm³/mol. The van der Waals surface area contributed by atoms with Crippen LogP contribution in [0.1, 0.15) is 67.4 Å². The number of ether oxygens (including phenoxy) is 5. The van der Waals surface area contributed by atoms with Gasteiger partial charge in [0.1, 0.15) is 17.3 Å². The zero-order chi connectivity index (χ0) is 27.8. The van der Waals surface area contributed by atoms with E-state index in [-0.39, 0.29) is 19.1 Å². The van der Waals surface area contributed by atoms with Crippen LogP contribution >= 0.6 is 0 Å². The molecule has 37 heavy (non-hydrogen) atoms. The monoisotopic (exact) mass is 521 g/mol. The normalized spacial score (nSPS) is 23.2. The van der Waals surface area contributed by atoms with E-state index in [2.05, 4.69) is 0 Å². The largest absolute Gasteiger partial charge is 0.458 e. The summed E-state index contributed by atoms with van der Waals surface area (Å²) in [5, 5.41) is 0. The maximum absolute atomic E-state index is 13.4. The lowest BCUT2D eigenvalue weighted by Crippen LogP contribution is -2.54. The molecule has 2 rings (SSSR count). The van der Waals surface area contributed by atoms with E-state index in [0.717, 1.165) is 12.0 Å². The number of hydrogen-bond donors (Lipinski definition) is 0. The first-order chi connectivity index (χ1) is 17.2. The molecule has 1 aromatic carbocycles. The average molecular weight is 522 g/mol. The number of imide groups is 1. The molecule has 0 aromatic heterocycles. The number of cyclic esters (lactones) is 1. The fourth-order valence-corrected chi connectivity index (χ4v) is 3.95. The number of esters is 1. The lowest BCUT2D eigenvalue weighted by Gasteiger charge is -2.32. The van der Waals surface area contributed by atoms with Gasteiger partial charge in [-0.15, -0.1) is 0 Å². The van der Waals surface area contributed by atoms with Crippen LogP contribution in [0.4, 0.5) is 9.59 Å². The van der Waals surface area contributed by atoms with Crippen LogP contribution < -0.4 is 0 Å². The Morgan fingerprint density at radius 1 is 0.973 bits per heavy atom. The molecule has 0 radical (unpaired) electrons. The number of benzene rings is 1. The first-order valence-corrected chi connectivity index (χ1v) is 12.9. The first kappa shape index (κ1) is 30.6. The molecule has 2 amide bonds. The average Bonchev–Trinajstić information content (AvgIpc) is 2.80. The second-order valence-corrected chi connectivity index (χ2v) is 11.3. The molecule has 1 aromatic rings. The molecule has 1 aliphatic heterocycles. The summed E-state index contributed by atoms with van der Waals surface area (Å²) in [6, 6.07) is 8.53. The standard InChI is InChI=1S/C28H43NO8/c1-9-15-34-23-19(2)35-24(30)22(18-33-17-21(23)16-20-13-11-10-12-14-20)29(25(31)36-27(3,4)5)26(32)37-28(6,7)8/h10-14,19,21-23H,9,15-18H2,1-8H3/t19-,21-,22-,23-/m0/s1. The molecular formula is C28H43NO8. The van der Waals surface area contributed by atoms with Crippen LogP contribution in [0.15, 0.2) is 30.3 Å². The molecule has 9 nitrogen and oxygen atoms in total. The molecule has 9 heteroatoms. The Bertz CT molecular complexity index is 862. The molecule has 1 aliphatic rings. The maximum Gasteiger partial charge on any atom is 0.420 e. The third-order valence-electron chi connectivity index (χ3n) is 5.46. The zero-order valence-electron chi connectivity index (χ0n) is 23.4. The zero-order valence-corrected chi connectivity index (χ0v) is 23.4. The molecule has 1 fully saturated rings. The molecule has 0 spiro atoms. The molecule has 0 bridgehead atoms. The van der Waals surface area contributed by atoms with Crippen LogP contribution in [0.5, 0.6) is 0 Å². The second-order valence-electron chi connectivity index (χ2n) is 11.3. The van der Waals surface area contributed by atoms with Gasteiger partial charge in [-0.3, -0.25) is 0 Å². The Hall–Kier alpha value is -2.65. The van der Waals surface area contributed by atoms with Gasteiger partial charge in [0.15, 0.2) is 6.04 Å². The Labute approximate surface area is 220 Å². The van der Waals surface area contributed by atoms with Gasteiger partial charge in [-0.05, 0) is 66.9 Å². The highest BCUT2D eigenvalue weighted by Gasteiger charge is 2.44. The van der Waals surface area contributed by atoms with Crippen molar-refractivity contribution in [3.63, 3.8) is 0 Å². The van der Waals surface area contributed by atoms with Gasteiger partial charge in [-0.1, -0.05) is 37.3 Å². The van der Waals surface area contributed by atoms with E-state index in [1.807, 2.05) is 37.3 Å². The Balaban J connectivity index is 2.38. The number of amides is 2. The molecular weight excluding hydrogens is 478 g/mol. The molecule has 0 aliphatic carbocycles. The summed E-state index contributed by atoms with van der Waals surface area (Å²) in [5.74, 6) is -0.929. The minimum atomic E-state index is -1.39. The van der Waals surface area contributed by atoms with E-state index >= 15 is 0 Å². The first-order valence-electron chi connectivity index (χ1n) is 12.9. The topological polar surface area (TPSA) is 101 Å². The van der Waals surface area contributed by atoms with Gasteiger partial charge in [0.2, 0.25) is 0 Å². The van der Waals surface area contributed by atoms with Crippen LogP contribution in [-0.2, 0) is 34.9 Å². The summed E-state index contributed by atoms with van der Waals surface area (Å²) >= 11 is 0. The number of carbonyl (C=O) groups excluding carboxylic acids is 3. The van der Waals surface area contributed by atoms with Crippen molar-refractivity contribution in [2.45, 2.75) is 97.7 Å². The van der Waals surface area contributed by atoms with Gasteiger partial charge in [0, 0.05) is 12.5 Å². The van der Waals surface area contributed by atoms with E-state index in [4.69, 9.17) is 23.7 Å². The van der Waals surface area contributed by atoms with Gasteiger partial charge in [-0.2, -0.15) is 4.90 Å². The molecule has 1 heterocycles. The van der Waals surface area contributed by atoms with E-state index in [1.54, 1.807) is 48.5 Å². The van der Waals surface area contributed by atoms with Crippen molar-refractivity contribution in [1.29, 1.82) is 0 Å². The van der Waals surface area contributed by atoms with E-state index < -0.39 is 47.6 Å². The lowest BCUT2D eigenvalue weighted by atomic mass is 9.91. The number of rotatable bonds is 6. The van der Waals surface area contributed by atoms with Gasteiger partial charge in [0.05, 0.1) is 19.3 Å². The summed E-state index contributed by atoms with van der Waals surface area (Å²) in [7, 11) is 0. The van der Waals surface area contributed by atoms with Crippen LogP contribution in [0, 0.1) is 5.92 Å². The number of carbonyl (C=O) groups is 3. The number of hydrogen-bond acceptors (Lipinski definition) is 8. The highest BCUT2D eigenvalue weighted by Crippen LogP contribution is 2.25. The smallest absolute Gasteiger partial charge is 0.420 e. The fourth-order valence-electron chi connectivity index (χ4n) is 3.95. The minimum absolute atomic E-state index is 0.132. The summed E-state index contributed by atoms with van der Waals surface area (Å²) in [6.07, 6.45) is -1.69. The van der Waals surface area contributed by atoms with Gasteiger partial charge in [-0.25, -0.2) is 14.4 Å². The summed E-state index contributed by atoms with van der Waals surface area (Å²) in [5.41, 5.74) is -0.721. The Morgan fingerprint density at radius 3 is 2.05 bits per heavy atom. The van der Waals surface area contributed by atoms with E-state index in [0.29, 0.717) is 17.9 Å². The molecule has 0 N–H and O–H groups in total. The van der Waals surface area contributed by atoms with Crippen molar-refractivity contribution < 1.29 is 38.1 Å². The summed E-state index contributed by atoms with van der Waals surface area (Å²) in [4.78, 5) is 40.3. The van der Waals surface area contributed by atoms with Gasteiger partial charge < -0.3 is 23.7 Å². The third-order valence-corrected chi connectivity index (χ3v) is 5.46. The highest BCUT2D eigenvalue weighted by molar-refractivity contribution is 5.94. The molecule has 208 valence electrons. The van der Waals surface area contributed by atoms with Gasteiger partial charge >= 0.3 is 18.2 Å². The Kier molecular flexibility index (Phi) is 10.9. The van der Waals surface area contributed by atoms with Crippen LogP contribution in [0.2, 0.25) is 0 Å². The second kappa shape index (κ2) is 13.2. The maximum atomic E-state index is 13.4. The molecule has 0 saturated carbocycles. The third kappa shape index (κ3) is 9.97. The quantitative estimate of drug-likeness (QED) is 0.375. The lowest BCUT2D eigenvalue weighted by molar-refractivity contribution is -0.163. The van der Waals surface area contributed by atoms with Crippen molar-refractivity contribution in [3.05, 3.63) is 35.9 Å². The molecule has 0 unspecified atom stereocenters. The van der Waals surface area contributed by atoms with Crippen molar-refractivity contribution in [2.75, 3.05) is 19.8 Å². The van der Waals surface area contributed by atoms with Crippen LogP contribution in [-0.4, -0.2) is 72.3 Å². The summed E-state index contributed by atoms with van der Waals surface area (Å²) < 4.78 is 28.8. The fraction of sp³-hybridized carbons (Fsp3) is 0.679.